The lowest BCUT2D eigenvalue weighted by molar-refractivity contribution is -0.137. The van der Waals surface area contributed by atoms with E-state index in [4.69, 9.17) is 10.5 Å². The Hall–Kier alpha value is -2.54. The monoisotopic (exact) mass is 384 g/mol. The second kappa shape index (κ2) is 8.43. The van der Waals surface area contributed by atoms with E-state index < -0.39 is 0 Å². The zero-order valence-corrected chi connectivity index (χ0v) is 16.6. The maximum Gasteiger partial charge on any atom is 0.316 e. The molecule has 1 saturated carbocycles. The fourth-order valence-electron chi connectivity index (χ4n) is 3.04. The number of methoxy groups -OCH3 is 1. The zero-order valence-electron chi connectivity index (χ0n) is 15.8. The van der Waals surface area contributed by atoms with Gasteiger partial charge in [0.25, 0.3) is 0 Å². The fraction of sp³-hybridized carbons (Fsp3) is 0.350. The number of carbonyl (C=O) groups is 1. The number of nitrogen functional groups attached to an aromatic ring is 1. The number of thioether (sulfide) groups is 1. The number of rotatable bonds is 5. The van der Waals surface area contributed by atoms with Gasteiger partial charge in [0.15, 0.2) is 5.16 Å². The van der Waals surface area contributed by atoms with Gasteiger partial charge in [0.1, 0.15) is 0 Å². The first-order valence-corrected chi connectivity index (χ1v) is 10.1. The van der Waals surface area contributed by atoms with E-state index in [1.54, 1.807) is 4.57 Å². The third-order valence-corrected chi connectivity index (χ3v) is 5.30. The van der Waals surface area contributed by atoms with Crippen molar-refractivity contribution in [3.63, 3.8) is 0 Å². The summed E-state index contributed by atoms with van der Waals surface area (Å²) in [5.74, 6) is 0.807. The van der Waals surface area contributed by atoms with Crippen LogP contribution < -0.4 is 5.73 Å². The Bertz CT molecular complexity index is 950. The molecule has 142 valence electrons. The van der Waals surface area contributed by atoms with Crippen LogP contribution >= 0.6 is 11.8 Å². The van der Waals surface area contributed by atoms with Gasteiger partial charge >= 0.3 is 5.97 Å². The molecule has 4 rings (SSSR count). The molecule has 1 fully saturated rings. The second-order valence-corrected chi connectivity index (χ2v) is 6.98. The molecule has 0 amide bonds. The molecule has 1 aromatic heterocycles. The van der Waals surface area contributed by atoms with Crippen molar-refractivity contribution >= 4 is 34.5 Å². The van der Waals surface area contributed by atoms with E-state index in [0.29, 0.717) is 17.0 Å². The summed E-state index contributed by atoms with van der Waals surface area (Å²) in [6.45, 7) is 4.00. The van der Waals surface area contributed by atoms with Gasteiger partial charge in [0.2, 0.25) is 5.95 Å². The Morgan fingerprint density at radius 2 is 1.89 bits per heavy atom. The van der Waals surface area contributed by atoms with Crippen LogP contribution in [0.3, 0.4) is 0 Å². The highest BCUT2D eigenvalue weighted by Gasteiger charge is 2.26. The van der Waals surface area contributed by atoms with E-state index in [-0.39, 0.29) is 11.7 Å². The maximum atomic E-state index is 11.4. The van der Waals surface area contributed by atoms with Crippen molar-refractivity contribution in [1.82, 2.24) is 14.8 Å². The lowest BCUT2D eigenvalue weighted by Gasteiger charge is -2.14. The number of nitrogens with zero attached hydrogens (tertiary/aromatic N) is 3. The summed E-state index contributed by atoms with van der Waals surface area (Å²) in [4.78, 5) is 11.4. The number of ether oxygens (including phenoxy) is 1. The number of hydrogen-bond acceptors (Lipinski definition) is 6. The summed E-state index contributed by atoms with van der Waals surface area (Å²) in [6.07, 6.45) is 2.50. The van der Waals surface area contributed by atoms with Gasteiger partial charge in [-0.3, -0.25) is 9.36 Å². The molecule has 1 aliphatic carbocycles. The first-order valence-electron chi connectivity index (χ1n) is 9.11. The molecular formula is C20H24N4O2S. The van der Waals surface area contributed by atoms with Crippen LogP contribution in [0.5, 0.6) is 0 Å². The average molecular weight is 385 g/mol. The summed E-state index contributed by atoms with van der Waals surface area (Å²) in [5, 5.41) is 11.0. The molecule has 1 aliphatic rings. The van der Waals surface area contributed by atoms with E-state index in [2.05, 4.69) is 40.5 Å². The topological polar surface area (TPSA) is 83.0 Å². The van der Waals surface area contributed by atoms with E-state index in [0.717, 1.165) is 11.1 Å². The van der Waals surface area contributed by atoms with Gasteiger partial charge in [-0.1, -0.05) is 55.9 Å². The van der Waals surface area contributed by atoms with E-state index in [9.17, 15) is 4.79 Å². The van der Waals surface area contributed by atoms with Crippen molar-refractivity contribution in [2.75, 3.05) is 18.6 Å². The minimum atomic E-state index is -0.313. The molecule has 0 aliphatic heterocycles. The minimum Gasteiger partial charge on any atom is -0.468 e. The Labute approximate surface area is 163 Å². The summed E-state index contributed by atoms with van der Waals surface area (Å²) >= 11 is 1.26. The average Bonchev–Trinajstić information content (AvgIpc) is 3.50. The van der Waals surface area contributed by atoms with Gasteiger partial charge in [-0.2, -0.15) is 0 Å². The first-order chi connectivity index (χ1) is 13.2. The Balaban J connectivity index is 0.00000102. The molecule has 2 N–H and O–H groups in total. The van der Waals surface area contributed by atoms with Gasteiger partial charge in [0, 0.05) is 5.39 Å². The molecular weight excluding hydrogens is 360 g/mol. The van der Waals surface area contributed by atoms with E-state index in [1.807, 2.05) is 19.9 Å². The number of aromatic nitrogens is 3. The molecule has 27 heavy (non-hydrogen) atoms. The quantitative estimate of drug-likeness (QED) is 0.525. The number of carbonyl (C=O) groups excluding carboxylic acids is 1. The number of anilines is 1. The molecule has 0 saturated heterocycles. The van der Waals surface area contributed by atoms with Crippen molar-refractivity contribution in [1.29, 1.82) is 0 Å². The summed E-state index contributed by atoms with van der Waals surface area (Å²) in [5.41, 5.74) is 8.38. The highest BCUT2D eigenvalue weighted by Crippen LogP contribution is 2.44. The Morgan fingerprint density at radius 1 is 1.19 bits per heavy atom. The smallest absolute Gasteiger partial charge is 0.316 e. The first kappa shape index (κ1) is 19.2. The largest absolute Gasteiger partial charge is 0.468 e. The van der Waals surface area contributed by atoms with Gasteiger partial charge in [-0.25, -0.2) is 0 Å². The fourth-order valence-corrected chi connectivity index (χ4v) is 3.82. The molecule has 0 bridgehead atoms. The van der Waals surface area contributed by atoms with E-state index in [1.165, 1.54) is 42.7 Å². The highest BCUT2D eigenvalue weighted by molar-refractivity contribution is 7.99. The van der Waals surface area contributed by atoms with Crippen LogP contribution in [0.25, 0.3) is 16.5 Å². The highest BCUT2D eigenvalue weighted by atomic mass is 32.2. The molecule has 6 nitrogen and oxygen atoms in total. The van der Waals surface area contributed by atoms with Crippen molar-refractivity contribution < 1.29 is 9.53 Å². The van der Waals surface area contributed by atoms with Crippen LogP contribution in [0.4, 0.5) is 5.95 Å². The summed E-state index contributed by atoms with van der Waals surface area (Å²) in [7, 11) is 1.37. The standard InChI is InChI=1S/C18H18N4O2S.C2H6/c1-24-16(23)10-25-18-21-20-17(19)22(18)15-9-8-12(11-6-7-11)13-4-2-3-5-14(13)15;1-2/h2-5,8-9,11H,6-7,10H2,1H3,(H2,19,20);1-2H3. The number of fused-ring (bicyclic) bond motifs is 1. The summed E-state index contributed by atoms with van der Waals surface area (Å²) in [6, 6.07) is 12.5. The SMILES string of the molecule is CC.COC(=O)CSc1nnc(N)n1-c1ccc(C2CC2)c2ccccc12. The van der Waals surface area contributed by atoms with Crippen LogP contribution in [0.1, 0.15) is 38.2 Å². The predicted octanol–water partition coefficient (Wildman–Crippen LogP) is 4.17. The normalized spacial score (nSPS) is 13.1. The number of hydrogen-bond donors (Lipinski definition) is 1. The van der Waals surface area contributed by atoms with Gasteiger partial charge in [0.05, 0.1) is 18.6 Å². The zero-order chi connectivity index (χ0) is 19.4. The number of esters is 1. The Morgan fingerprint density at radius 3 is 2.56 bits per heavy atom. The minimum absolute atomic E-state index is 0.159. The van der Waals surface area contributed by atoms with Crippen LogP contribution in [-0.2, 0) is 9.53 Å². The van der Waals surface area contributed by atoms with Gasteiger partial charge < -0.3 is 10.5 Å². The van der Waals surface area contributed by atoms with Crippen molar-refractivity contribution in [3.8, 4) is 5.69 Å². The van der Waals surface area contributed by atoms with E-state index >= 15 is 0 Å². The summed E-state index contributed by atoms with van der Waals surface area (Å²) < 4.78 is 6.49. The lowest BCUT2D eigenvalue weighted by Crippen LogP contribution is -2.07. The predicted molar refractivity (Wildman–Crippen MR) is 109 cm³/mol. The van der Waals surface area contributed by atoms with Crippen molar-refractivity contribution in [3.05, 3.63) is 42.0 Å². The number of benzene rings is 2. The van der Waals surface area contributed by atoms with Gasteiger partial charge in [-0.05, 0) is 35.8 Å². The maximum absolute atomic E-state index is 11.4. The molecule has 2 aromatic carbocycles. The molecule has 0 atom stereocenters. The Kier molecular flexibility index (Phi) is 6.01. The van der Waals surface area contributed by atoms with Crippen LogP contribution in [0.2, 0.25) is 0 Å². The molecule has 0 radical (unpaired) electrons. The lowest BCUT2D eigenvalue weighted by atomic mass is 9.99. The second-order valence-electron chi connectivity index (χ2n) is 6.03. The van der Waals surface area contributed by atoms with Crippen LogP contribution in [0.15, 0.2) is 41.6 Å². The molecule has 7 heteroatoms. The van der Waals surface area contributed by atoms with Crippen LogP contribution in [0, 0.1) is 0 Å². The molecule has 0 unspecified atom stereocenters. The van der Waals surface area contributed by atoms with Crippen molar-refractivity contribution in [2.24, 2.45) is 0 Å². The van der Waals surface area contributed by atoms with Gasteiger partial charge in [-0.15, -0.1) is 10.2 Å². The molecule has 1 heterocycles. The number of nitrogens with two attached hydrogens (primary N) is 1. The third-order valence-electron chi connectivity index (χ3n) is 4.40. The molecule has 3 aromatic rings. The van der Waals surface area contributed by atoms with Crippen LogP contribution in [-0.4, -0.2) is 33.6 Å². The third kappa shape index (κ3) is 3.93. The van der Waals surface area contributed by atoms with Crippen molar-refractivity contribution in [2.45, 2.75) is 37.8 Å². The molecule has 0 spiro atoms.